The molecule has 36 heteroatoms. The molecule has 1 aliphatic rings. The highest BCUT2D eigenvalue weighted by Crippen LogP contribution is 2.46. The average molecular weight is 2200 g/mol. The Morgan fingerprint density at radius 2 is 0.713 bits per heavy atom. The summed E-state index contributed by atoms with van der Waals surface area (Å²) in [6.45, 7) is 8.27. The molecule has 27 rings (SSSR count). The number of nitrogens with one attached hydrogen (secondary N) is 1. The molecule has 9 aromatic heterocycles. The van der Waals surface area contributed by atoms with Gasteiger partial charge < -0.3 is 20.4 Å². The number of carbonyl (C=O) groups is 1. The summed E-state index contributed by atoms with van der Waals surface area (Å²) < 4.78 is 110. The van der Waals surface area contributed by atoms with Crippen LogP contribution in [0.25, 0.3) is 210 Å². The number of nitriles is 2. The second kappa shape index (κ2) is 42.0. The quantitative estimate of drug-likeness (QED) is 0.0730. The zero-order valence-corrected chi connectivity index (χ0v) is 87.5. The van der Waals surface area contributed by atoms with Gasteiger partial charge in [-0.05, 0) is 187 Å². The van der Waals surface area contributed by atoms with Crippen molar-refractivity contribution in [2.75, 3.05) is 11.1 Å². The normalized spacial score (nSPS) is 12.4. The Morgan fingerprint density at radius 3 is 1.18 bits per heavy atom. The lowest BCUT2D eigenvalue weighted by Crippen LogP contribution is -2.41. The summed E-state index contributed by atoms with van der Waals surface area (Å²) in [7, 11) is -0.432. The third kappa shape index (κ3) is 19.3. The number of fused-ring (bicyclic) bond motifs is 18. The summed E-state index contributed by atoms with van der Waals surface area (Å²) in [4.78, 5) is 27.6. The van der Waals surface area contributed by atoms with E-state index in [1.165, 1.54) is 82.9 Å². The Morgan fingerprint density at radius 1 is 0.347 bits per heavy atom. The molecule has 0 atom stereocenters. The van der Waals surface area contributed by atoms with Crippen LogP contribution in [-0.4, -0.2) is 91.7 Å². The van der Waals surface area contributed by atoms with Crippen LogP contribution in [0.3, 0.4) is 0 Å². The molecule has 3 N–H and O–H groups in total. The Hall–Kier alpha value is -16.0. The number of pyridine rings is 3. The number of anilines is 2. The van der Waals surface area contributed by atoms with E-state index in [2.05, 4.69) is 156 Å². The number of aromatic nitrogens is 15. The van der Waals surface area contributed by atoms with Gasteiger partial charge in [0.15, 0.2) is 17.5 Å². The van der Waals surface area contributed by atoms with E-state index in [-0.39, 0.29) is 11.5 Å². The lowest BCUT2D eigenvalue weighted by Gasteiger charge is -2.32. The molecule has 10 heterocycles. The number of carbonyl (C=O) groups excluding carboxylic acids is 1. The van der Waals surface area contributed by atoms with E-state index < -0.39 is 52.5 Å². The van der Waals surface area contributed by atoms with E-state index in [0.717, 1.165) is 220 Å². The fraction of sp³-hybridized carbons (Fsp3) is 0.0526. The van der Waals surface area contributed by atoms with Crippen LogP contribution in [0.2, 0.25) is 15.1 Å². The molecular formula is C114H69BBrCl3F3N19O3S6. The molecule has 1 saturated heterocycles. The van der Waals surface area contributed by atoms with Gasteiger partial charge in [-0.3, -0.25) is 4.79 Å². The van der Waals surface area contributed by atoms with E-state index in [1.54, 1.807) is 42.5 Å². The first-order valence-electron chi connectivity index (χ1n) is 46.3. The summed E-state index contributed by atoms with van der Waals surface area (Å²) in [6, 6.07) is 107. The molecule has 26 aromatic rings. The van der Waals surface area contributed by atoms with Crippen molar-refractivity contribution in [2.24, 2.45) is 0 Å². The molecular weight excluding hydrogens is 2130 g/mol. The molecule has 1 aliphatic heterocycles. The van der Waals surface area contributed by atoms with Crippen LogP contribution in [0, 0.1) is 40.1 Å². The van der Waals surface area contributed by atoms with Crippen LogP contribution < -0.4 is 16.5 Å². The van der Waals surface area contributed by atoms with Crippen molar-refractivity contribution in [3.63, 3.8) is 0 Å². The SMILES string of the molecule is Brc1cccc2nsnc12.CC1(C)OB(c2ccc3c(c2)nc(-c2ccccc2)c2ccc4nsnc4c23)OC1(C)C.Clc1ccc2c(c1)nc(-c1ccccc1)c1ccc3nsnc3c12.N#Cc1c(F)c(C#N)c(F)c(-c2ccc(-c3ccc4c(c3)nc(-c3ccccc3)c3ccc5nsnc5c34)cc2)c1F.Nc1cc(Cl)ccc1-c1cccc2nsnc12.O=C(Nc1cc(Cl)ccc1-c1cccc2nsnc12)c1ccccc1. The maximum atomic E-state index is 15.0. The first-order valence-corrected chi connectivity index (χ1v) is 52.6. The van der Waals surface area contributed by atoms with Crippen molar-refractivity contribution >= 4 is 282 Å². The molecule has 150 heavy (non-hydrogen) atoms. The number of hydrogen-bond donors (Lipinski definition) is 2. The minimum absolute atomic E-state index is 0.0662. The Kier molecular flexibility index (Phi) is 27.6. The fourth-order valence-electron chi connectivity index (χ4n) is 17.9. The predicted molar refractivity (Wildman–Crippen MR) is 608 cm³/mol. The van der Waals surface area contributed by atoms with Gasteiger partial charge in [-0.25, -0.2) is 28.1 Å². The van der Waals surface area contributed by atoms with Crippen molar-refractivity contribution < 1.29 is 27.3 Å². The first kappa shape index (κ1) is 98.7. The Labute approximate surface area is 901 Å². The Balaban J connectivity index is 0.000000106. The molecule has 1 amide bonds. The molecule has 0 radical (unpaired) electrons. The number of hydrogen-bond acceptors (Lipinski definition) is 27. The molecule has 0 bridgehead atoms. The molecule has 0 spiro atoms. The van der Waals surface area contributed by atoms with Crippen LogP contribution in [0.15, 0.2) is 332 Å². The Bertz CT molecular complexity index is 9830. The average Bonchev–Trinajstić information content (AvgIpc) is 1.73. The van der Waals surface area contributed by atoms with Gasteiger partial charge in [0.25, 0.3) is 5.91 Å². The van der Waals surface area contributed by atoms with Crippen LogP contribution in [0.4, 0.5) is 24.5 Å². The highest BCUT2D eigenvalue weighted by atomic mass is 79.9. The van der Waals surface area contributed by atoms with E-state index in [1.807, 2.05) is 218 Å². The number of rotatable bonds is 10. The first-order chi connectivity index (χ1) is 73.0. The zero-order valence-electron chi connectivity index (χ0n) is 78.8. The van der Waals surface area contributed by atoms with E-state index in [4.69, 9.17) is 64.8 Å². The van der Waals surface area contributed by atoms with Gasteiger partial charge in [0.05, 0.1) is 126 Å². The smallest absolute Gasteiger partial charge is 0.399 e. The number of nitrogen functional groups attached to an aromatic ring is 1. The number of amides is 1. The molecule has 0 aliphatic carbocycles. The second-order valence-corrected chi connectivity index (χ2v) is 40.8. The van der Waals surface area contributed by atoms with Crippen LogP contribution in [0.1, 0.15) is 49.2 Å². The number of nitrogens with zero attached hydrogens (tertiary/aromatic N) is 17. The fourth-order valence-corrected chi connectivity index (χ4v) is 22.3. The molecule has 1 fully saturated rings. The van der Waals surface area contributed by atoms with Gasteiger partial charge in [0, 0.05) is 118 Å². The van der Waals surface area contributed by atoms with Gasteiger partial charge in [-0.15, -0.1) is 0 Å². The van der Waals surface area contributed by atoms with Gasteiger partial charge in [0.2, 0.25) is 0 Å². The van der Waals surface area contributed by atoms with Crippen molar-refractivity contribution in [1.29, 1.82) is 10.5 Å². The summed E-state index contributed by atoms with van der Waals surface area (Å²) in [5, 5.41) is 32.5. The lowest BCUT2D eigenvalue weighted by molar-refractivity contribution is 0.00578. The highest BCUT2D eigenvalue weighted by Gasteiger charge is 2.52. The maximum absolute atomic E-state index is 15.0. The van der Waals surface area contributed by atoms with Gasteiger partial charge >= 0.3 is 7.12 Å². The molecule has 22 nitrogen and oxygen atoms in total. The number of halogens is 7. The standard InChI is InChI=1S/C33H14F3N5S.C25H22BN3O2S.C19H12ClN3OS.C19H10ClN3S.C12H8ClN3S.C6H3BrN2S/c34-29-23(15-37)30(35)27(31(36)24(29)16-38)18-8-6-17(7-9-18)20-10-11-21-26(14-20)39-32(19-4-2-1-3-5-19)22-12-13-25-33(28(21)22)41-42-40-25;1-24(2)25(3,4)31-26(30-24)16-10-11-17-20(14-16)27-22(15-8-6-5-7-9-15)18-12-13-19-23(21(17)18)29-32-28-19;20-13-9-10-14(15-7-4-8-16-18(15)23-25-22-16)17(11-13)21-19(24)12-5-2-1-3-6-12;20-12-6-7-13-16(10-12)21-18(11-4-2-1-3-5-11)14-8-9-15-19(17(13)14)23-24-22-15;13-7-4-5-8(10(14)6-7)9-2-1-3-11-12(9)16-17-15-11;7-4-2-1-3-5-6(4)9-10-8-5/h1-14H;5-14H,1-4H3;1-11H,(H,21,24);1-10H;1-6H,14H2;1-3H. The number of nitrogens with two attached hydrogens (primary N) is 1. The summed E-state index contributed by atoms with van der Waals surface area (Å²) in [6.07, 6.45) is 0. The number of benzene rings is 17. The van der Waals surface area contributed by atoms with E-state index in [0.29, 0.717) is 32.0 Å². The highest BCUT2D eigenvalue weighted by molar-refractivity contribution is 9.10. The van der Waals surface area contributed by atoms with Crippen LogP contribution in [0.5, 0.6) is 0 Å². The molecule has 0 saturated carbocycles. The second-order valence-electron chi connectivity index (χ2n) is 35.5. The van der Waals surface area contributed by atoms with E-state index in [9.17, 15) is 28.5 Å². The molecule has 0 unspecified atom stereocenters. The van der Waals surface area contributed by atoms with Gasteiger partial charge in [0.1, 0.15) is 89.5 Å². The van der Waals surface area contributed by atoms with Crippen molar-refractivity contribution in [1.82, 2.24) is 67.4 Å². The third-order valence-corrected chi connectivity index (χ3v) is 30.5. The lowest BCUT2D eigenvalue weighted by atomic mass is 9.78. The minimum atomic E-state index is -1.51. The van der Waals surface area contributed by atoms with Crippen LogP contribution >= 0.6 is 121 Å². The third-order valence-electron chi connectivity index (χ3n) is 25.9. The maximum Gasteiger partial charge on any atom is 0.494 e. The van der Waals surface area contributed by atoms with Crippen LogP contribution in [-0.2, 0) is 9.31 Å². The van der Waals surface area contributed by atoms with Crippen molar-refractivity contribution in [2.45, 2.75) is 38.9 Å². The summed E-state index contributed by atoms with van der Waals surface area (Å²) in [5.74, 6) is -4.39. The molecule has 726 valence electrons. The van der Waals surface area contributed by atoms with Crippen molar-refractivity contribution in [3.8, 4) is 90.4 Å². The van der Waals surface area contributed by atoms with Gasteiger partial charge in [-0.1, -0.05) is 241 Å². The van der Waals surface area contributed by atoms with Crippen molar-refractivity contribution in [3.05, 3.63) is 381 Å². The summed E-state index contributed by atoms with van der Waals surface area (Å²) >= 11 is 28.9. The monoisotopic (exact) mass is 2200 g/mol. The zero-order chi connectivity index (χ0) is 103. The van der Waals surface area contributed by atoms with E-state index >= 15 is 0 Å². The topological polar surface area (TPSA) is 315 Å². The summed E-state index contributed by atoms with van der Waals surface area (Å²) in [5.41, 5.74) is 29.6. The largest absolute Gasteiger partial charge is 0.494 e. The predicted octanol–water partition coefficient (Wildman–Crippen LogP) is 30.9. The van der Waals surface area contributed by atoms with Gasteiger partial charge in [-0.2, -0.15) is 63.0 Å². The minimum Gasteiger partial charge on any atom is -0.399 e. The molecule has 17 aromatic carbocycles.